The summed E-state index contributed by atoms with van der Waals surface area (Å²) in [4.78, 5) is 4.20. The zero-order chi connectivity index (χ0) is 9.52. The van der Waals surface area contributed by atoms with Crippen LogP contribution >= 0.6 is 0 Å². The fraction of sp³-hybridized carbons (Fsp3) is 0.500. The number of hydrogen-bond acceptors (Lipinski definition) is 3. The first-order chi connectivity index (χ1) is 6.34. The highest BCUT2D eigenvalue weighted by molar-refractivity contribution is 5.42. The molecule has 0 saturated heterocycles. The van der Waals surface area contributed by atoms with Gasteiger partial charge in [0.05, 0.1) is 0 Å². The Hall–Kier alpha value is -1.09. The lowest BCUT2D eigenvalue weighted by atomic mass is 10.3. The van der Waals surface area contributed by atoms with E-state index in [0.29, 0.717) is 0 Å². The van der Waals surface area contributed by atoms with Crippen LogP contribution in [0, 0.1) is 6.92 Å². The van der Waals surface area contributed by atoms with Crippen LogP contribution < -0.4 is 5.32 Å². The van der Waals surface area contributed by atoms with Gasteiger partial charge in [0.1, 0.15) is 5.82 Å². The van der Waals surface area contributed by atoms with Crippen LogP contribution in [-0.4, -0.2) is 23.2 Å². The van der Waals surface area contributed by atoms with Crippen molar-refractivity contribution in [2.45, 2.75) is 19.8 Å². The summed E-state index contributed by atoms with van der Waals surface area (Å²) >= 11 is 0. The van der Waals surface area contributed by atoms with Crippen LogP contribution in [0.25, 0.3) is 0 Å². The molecule has 3 heteroatoms. The number of nitrogens with zero attached hydrogens (tertiary/aromatic N) is 1. The van der Waals surface area contributed by atoms with Gasteiger partial charge in [0.15, 0.2) is 0 Å². The third kappa shape index (κ3) is 3.42. The van der Waals surface area contributed by atoms with Crippen molar-refractivity contribution >= 4 is 5.82 Å². The maximum atomic E-state index is 8.57. The van der Waals surface area contributed by atoms with Gasteiger partial charge in [-0.1, -0.05) is 6.07 Å². The van der Waals surface area contributed by atoms with Gasteiger partial charge in [-0.2, -0.15) is 0 Å². The molecule has 0 spiro atoms. The van der Waals surface area contributed by atoms with Crippen LogP contribution in [0.1, 0.15) is 18.4 Å². The monoisotopic (exact) mass is 180 g/mol. The maximum Gasteiger partial charge on any atom is 0.128 e. The molecule has 1 rings (SSSR count). The molecule has 0 aliphatic carbocycles. The van der Waals surface area contributed by atoms with E-state index in [2.05, 4.69) is 10.3 Å². The molecule has 3 nitrogen and oxygen atoms in total. The van der Waals surface area contributed by atoms with Gasteiger partial charge in [0.2, 0.25) is 0 Å². The van der Waals surface area contributed by atoms with Crippen LogP contribution in [0.2, 0.25) is 0 Å². The number of anilines is 1. The quantitative estimate of drug-likeness (QED) is 0.676. The van der Waals surface area contributed by atoms with E-state index in [4.69, 9.17) is 5.11 Å². The summed E-state index contributed by atoms with van der Waals surface area (Å²) in [6.07, 6.45) is 3.60. The Labute approximate surface area is 78.8 Å². The standard InChI is InChI=1S/C10H16N2O/c1-9-5-4-7-12-10(9)11-6-2-3-8-13/h4-5,7,13H,2-3,6,8H2,1H3,(H,11,12). The van der Waals surface area contributed by atoms with Gasteiger partial charge < -0.3 is 10.4 Å². The van der Waals surface area contributed by atoms with Crippen molar-refractivity contribution in [3.8, 4) is 0 Å². The normalized spacial score (nSPS) is 10.0. The molecule has 1 aromatic rings. The van der Waals surface area contributed by atoms with Crippen LogP contribution in [0.5, 0.6) is 0 Å². The van der Waals surface area contributed by atoms with Crippen molar-refractivity contribution in [3.05, 3.63) is 23.9 Å². The van der Waals surface area contributed by atoms with Gasteiger partial charge >= 0.3 is 0 Å². The molecule has 1 heterocycles. The van der Waals surface area contributed by atoms with E-state index in [1.165, 1.54) is 0 Å². The fourth-order valence-corrected chi connectivity index (χ4v) is 1.11. The lowest BCUT2D eigenvalue weighted by Gasteiger charge is -2.06. The summed E-state index contributed by atoms with van der Waals surface area (Å²) in [5.41, 5.74) is 1.16. The molecule has 13 heavy (non-hydrogen) atoms. The average molecular weight is 180 g/mol. The predicted octanol–water partition coefficient (Wildman–Crippen LogP) is 1.57. The SMILES string of the molecule is Cc1cccnc1NCCCCO. The fourth-order valence-electron chi connectivity index (χ4n) is 1.11. The van der Waals surface area contributed by atoms with Crippen LogP contribution in [0.4, 0.5) is 5.82 Å². The number of aryl methyl sites for hydroxylation is 1. The number of pyridine rings is 1. The second kappa shape index (κ2) is 5.54. The Morgan fingerprint density at radius 1 is 1.46 bits per heavy atom. The third-order valence-corrected chi connectivity index (χ3v) is 1.89. The van der Waals surface area contributed by atoms with Gasteiger partial charge in [-0.3, -0.25) is 0 Å². The molecule has 0 aliphatic rings. The molecule has 0 amide bonds. The van der Waals surface area contributed by atoms with Gasteiger partial charge in [0, 0.05) is 19.3 Å². The lowest BCUT2D eigenvalue weighted by molar-refractivity contribution is 0.286. The summed E-state index contributed by atoms with van der Waals surface area (Å²) < 4.78 is 0. The van der Waals surface area contributed by atoms with Crippen molar-refractivity contribution in [1.29, 1.82) is 0 Å². The smallest absolute Gasteiger partial charge is 0.128 e. The van der Waals surface area contributed by atoms with Gasteiger partial charge in [-0.05, 0) is 31.4 Å². The summed E-state index contributed by atoms with van der Waals surface area (Å²) in [5.74, 6) is 0.945. The molecule has 0 bridgehead atoms. The van der Waals surface area contributed by atoms with E-state index < -0.39 is 0 Å². The van der Waals surface area contributed by atoms with Crippen LogP contribution in [-0.2, 0) is 0 Å². The minimum Gasteiger partial charge on any atom is -0.396 e. The number of aliphatic hydroxyl groups is 1. The summed E-state index contributed by atoms with van der Waals surface area (Å²) in [6.45, 7) is 3.17. The highest BCUT2D eigenvalue weighted by atomic mass is 16.2. The third-order valence-electron chi connectivity index (χ3n) is 1.89. The zero-order valence-corrected chi connectivity index (χ0v) is 7.95. The van der Waals surface area contributed by atoms with Crippen LogP contribution in [0.3, 0.4) is 0 Å². The first kappa shape index (κ1) is 9.99. The van der Waals surface area contributed by atoms with E-state index in [-0.39, 0.29) is 6.61 Å². The van der Waals surface area contributed by atoms with E-state index in [9.17, 15) is 0 Å². The van der Waals surface area contributed by atoms with E-state index in [0.717, 1.165) is 30.8 Å². The second-order valence-corrected chi connectivity index (χ2v) is 3.03. The highest BCUT2D eigenvalue weighted by Gasteiger charge is 1.95. The Kier molecular flexibility index (Phi) is 4.26. The summed E-state index contributed by atoms with van der Waals surface area (Å²) in [6, 6.07) is 3.95. The Morgan fingerprint density at radius 3 is 3.00 bits per heavy atom. The topological polar surface area (TPSA) is 45.2 Å². The maximum absolute atomic E-state index is 8.57. The Balaban J connectivity index is 2.32. The van der Waals surface area contributed by atoms with Crippen molar-refractivity contribution in [2.24, 2.45) is 0 Å². The molecule has 0 saturated carbocycles. The predicted molar refractivity (Wildman–Crippen MR) is 53.8 cm³/mol. The lowest BCUT2D eigenvalue weighted by Crippen LogP contribution is -2.05. The molecule has 0 fully saturated rings. The minimum absolute atomic E-state index is 0.267. The largest absolute Gasteiger partial charge is 0.396 e. The summed E-state index contributed by atoms with van der Waals surface area (Å²) in [7, 11) is 0. The first-order valence-electron chi connectivity index (χ1n) is 4.61. The minimum atomic E-state index is 0.267. The molecular formula is C10H16N2O. The van der Waals surface area contributed by atoms with Crippen molar-refractivity contribution in [3.63, 3.8) is 0 Å². The molecule has 0 aromatic carbocycles. The summed E-state index contributed by atoms with van der Waals surface area (Å²) in [5, 5.41) is 11.8. The van der Waals surface area contributed by atoms with Gasteiger partial charge in [0.25, 0.3) is 0 Å². The van der Waals surface area contributed by atoms with Crippen LogP contribution in [0.15, 0.2) is 18.3 Å². The molecule has 0 atom stereocenters. The average Bonchev–Trinajstić information content (AvgIpc) is 2.15. The number of unbranched alkanes of at least 4 members (excludes halogenated alkanes) is 1. The molecule has 72 valence electrons. The Morgan fingerprint density at radius 2 is 2.31 bits per heavy atom. The number of aliphatic hydroxyl groups excluding tert-OH is 1. The first-order valence-corrected chi connectivity index (χ1v) is 4.61. The molecule has 0 aliphatic heterocycles. The molecule has 1 aromatic heterocycles. The van der Waals surface area contributed by atoms with Gasteiger partial charge in [-0.15, -0.1) is 0 Å². The number of nitrogens with one attached hydrogen (secondary N) is 1. The number of rotatable bonds is 5. The number of aromatic nitrogens is 1. The van der Waals surface area contributed by atoms with Crippen molar-refractivity contribution in [2.75, 3.05) is 18.5 Å². The zero-order valence-electron chi connectivity index (χ0n) is 7.95. The second-order valence-electron chi connectivity index (χ2n) is 3.03. The molecule has 0 unspecified atom stereocenters. The van der Waals surface area contributed by atoms with Gasteiger partial charge in [-0.25, -0.2) is 4.98 Å². The molecule has 0 radical (unpaired) electrons. The van der Waals surface area contributed by atoms with E-state index in [1.807, 2.05) is 19.1 Å². The van der Waals surface area contributed by atoms with E-state index in [1.54, 1.807) is 6.20 Å². The number of hydrogen-bond donors (Lipinski definition) is 2. The molecule has 2 N–H and O–H groups in total. The van der Waals surface area contributed by atoms with E-state index >= 15 is 0 Å². The van der Waals surface area contributed by atoms with Crippen molar-refractivity contribution in [1.82, 2.24) is 4.98 Å². The molecular weight excluding hydrogens is 164 g/mol. The highest BCUT2D eigenvalue weighted by Crippen LogP contribution is 2.08. The Bertz CT molecular complexity index is 250. The van der Waals surface area contributed by atoms with Crippen molar-refractivity contribution < 1.29 is 5.11 Å².